The molecule has 1 amide bonds. The molecule has 0 aliphatic carbocycles. The molecule has 1 atom stereocenters. The van der Waals surface area contributed by atoms with Crippen molar-refractivity contribution in [3.8, 4) is 0 Å². The molecule has 0 aliphatic rings. The lowest BCUT2D eigenvalue weighted by Gasteiger charge is -2.13. The van der Waals surface area contributed by atoms with Crippen LogP contribution < -0.4 is 10.2 Å². The number of hydrogen-bond acceptors (Lipinski definition) is 3. The molecule has 6 heteroatoms. The smallest absolute Gasteiger partial charge is 0.281 e. The summed E-state index contributed by atoms with van der Waals surface area (Å²) in [4.78, 5) is 13.1. The summed E-state index contributed by atoms with van der Waals surface area (Å²) in [5.74, 6) is 0.275. The Labute approximate surface area is 141 Å². The number of anilines is 1. The minimum absolute atomic E-state index is 0.110. The van der Waals surface area contributed by atoms with Gasteiger partial charge < -0.3 is 9.42 Å². The molecule has 2 N–H and O–H groups in total. The highest BCUT2D eigenvalue weighted by Crippen LogP contribution is 2.23. The second-order valence-electron chi connectivity index (χ2n) is 6.82. The van der Waals surface area contributed by atoms with Crippen LogP contribution in [-0.2, 0) is 16.8 Å². The van der Waals surface area contributed by atoms with Crippen LogP contribution >= 0.6 is 11.6 Å². The van der Waals surface area contributed by atoms with Gasteiger partial charge in [0, 0.05) is 22.1 Å². The van der Waals surface area contributed by atoms with Crippen molar-refractivity contribution < 1.29 is 14.2 Å². The van der Waals surface area contributed by atoms with Gasteiger partial charge in [-0.15, -0.1) is 0 Å². The van der Waals surface area contributed by atoms with E-state index in [1.807, 2.05) is 52.1 Å². The summed E-state index contributed by atoms with van der Waals surface area (Å²) in [5, 5.41) is 7.44. The second-order valence-corrected chi connectivity index (χ2v) is 7.25. The van der Waals surface area contributed by atoms with Crippen LogP contribution in [0.25, 0.3) is 0 Å². The molecule has 1 unspecified atom stereocenters. The average Bonchev–Trinajstić information content (AvgIpc) is 2.86. The van der Waals surface area contributed by atoms with Crippen molar-refractivity contribution >= 4 is 23.4 Å². The maximum atomic E-state index is 12.1. The largest absolute Gasteiger partial charge is 0.338 e. The van der Waals surface area contributed by atoms with Crippen molar-refractivity contribution in [3.05, 3.63) is 46.6 Å². The number of aromatic nitrogens is 1. The maximum absolute atomic E-state index is 12.1. The normalized spacial score (nSPS) is 12.9. The summed E-state index contributed by atoms with van der Waals surface area (Å²) in [6.45, 7) is 7.17. The lowest BCUT2D eigenvalue weighted by atomic mass is 9.92. The quantitative estimate of drug-likeness (QED) is 0.880. The molecule has 1 aromatic carbocycles. The number of halogens is 1. The lowest BCUT2D eigenvalue weighted by molar-refractivity contribution is -0.885. The summed E-state index contributed by atoms with van der Waals surface area (Å²) < 4.78 is 5.17. The van der Waals surface area contributed by atoms with Gasteiger partial charge in [0.2, 0.25) is 5.88 Å². The average molecular weight is 337 g/mol. The molecule has 0 radical (unpaired) electrons. The molecule has 0 fully saturated rings. The van der Waals surface area contributed by atoms with Crippen molar-refractivity contribution in [2.24, 2.45) is 0 Å². The highest BCUT2D eigenvalue weighted by Gasteiger charge is 2.20. The van der Waals surface area contributed by atoms with Crippen LogP contribution in [-0.4, -0.2) is 24.7 Å². The molecule has 23 heavy (non-hydrogen) atoms. The van der Waals surface area contributed by atoms with Gasteiger partial charge in [-0.05, 0) is 12.1 Å². The Hall–Kier alpha value is -1.85. The molecule has 0 saturated carbocycles. The third kappa shape index (κ3) is 5.37. The van der Waals surface area contributed by atoms with Gasteiger partial charge in [-0.2, -0.15) is 0 Å². The molecule has 2 aromatic rings. The van der Waals surface area contributed by atoms with Crippen molar-refractivity contribution in [2.75, 3.05) is 18.9 Å². The fourth-order valence-electron chi connectivity index (χ4n) is 2.20. The van der Waals surface area contributed by atoms with Crippen LogP contribution in [0.4, 0.5) is 5.88 Å². The molecule has 124 valence electrons. The van der Waals surface area contributed by atoms with Gasteiger partial charge in [-0.25, -0.2) is 0 Å². The predicted molar refractivity (Wildman–Crippen MR) is 90.7 cm³/mol. The Morgan fingerprint density at radius 2 is 2.09 bits per heavy atom. The van der Waals surface area contributed by atoms with Gasteiger partial charge in [-0.1, -0.05) is 49.7 Å². The minimum atomic E-state index is -0.110. The van der Waals surface area contributed by atoms with E-state index >= 15 is 0 Å². The van der Waals surface area contributed by atoms with Crippen molar-refractivity contribution in [3.63, 3.8) is 0 Å². The molecule has 5 nitrogen and oxygen atoms in total. The van der Waals surface area contributed by atoms with E-state index in [0.29, 0.717) is 17.5 Å². The first-order valence-electron chi connectivity index (χ1n) is 7.57. The Morgan fingerprint density at radius 1 is 1.35 bits per heavy atom. The molecule has 0 spiro atoms. The second kappa shape index (κ2) is 7.15. The monoisotopic (exact) mass is 336 g/mol. The Bertz CT molecular complexity index is 676. The minimum Gasteiger partial charge on any atom is -0.338 e. The molecular formula is C17H23ClN3O2+. The molecule has 1 aromatic heterocycles. The summed E-state index contributed by atoms with van der Waals surface area (Å²) in [7, 11) is 1.96. The maximum Gasteiger partial charge on any atom is 0.281 e. The number of hydrogen-bond donors (Lipinski definition) is 2. The van der Waals surface area contributed by atoms with Crippen LogP contribution in [0.2, 0.25) is 5.02 Å². The number of nitrogens with zero attached hydrogens (tertiary/aromatic N) is 1. The Kier molecular flexibility index (Phi) is 5.44. The number of carbonyl (C=O) groups excluding carboxylic acids is 1. The first kappa shape index (κ1) is 17.5. The van der Waals surface area contributed by atoms with E-state index in [0.717, 1.165) is 22.7 Å². The number of benzene rings is 1. The third-order valence-electron chi connectivity index (χ3n) is 3.40. The number of likely N-dealkylation sites (N-methyl/N-ethyl adjacent to an activating group) is 1. The first-order chi connectivity index (χ1) is 10.7. The van der Waals surface area contributed by atoms with Crippen molar-refractivity contribution in [2.45, 2.75) is 32.7 Å². The molecular weight excluding hydrogens is 314 g/mol. The highest BCUT2D eigenvalue weighted by atomic mass is 35.5. The van der Waals surface area contributed by atoms with Crippen molar-refractivity contribution in [1.82, 2.24) is 5.16 Å². The van der Waals surface area contributed by atoms with E-state index in [-0.39, 0.29) is 11.3 Å². The first-order valence-corrected chi connectivity index (χ1v) is 7.94. The number of rotatable bonds is 5. The van der Waals surface area contributed by atoms with Gasteiger partial charge in [0.05, 0.1) is 12.7 Å². The zero-order chi connectivity index (χ0) is 17.0. The van der Waals surface area contributed by atoms with Crippen LogP contribution in [0.3, 0.4) is 0 Å². The summed E-state index contributed by atoms with van der Waals surface area (Å²) in [6.07, 6.45) is 0. The number of quaternary nitrogens is 1. The highest BCUT2D eigenvalue weighted by molar-refractivity contribution is 6.30. The van der Waals surface area contributed by atoms with E-state index in [1.54, 1.807) is 6.07 Å². The SMILES string of the molecule is C[NH+](CC(=O)Nc1cc(C(C)(C)C)no1)Cc1cccc(Cl)c1. The van der Waals surface area contributed by atoms with E-state index in [2.05, 4.69) is 10.5 Å². The van der Waals surface area contributed by atoms with Crippen LogP contribution in [0.15, 0.2) is 34.9 Å². The molecule has 0 saturated heterocycles. The van der Waals surface area contributed by atoms with E-state index in [4.69, 9.17) is 16.1 Å². The lowest BCUT2D eigenvalue weighted by Crippen LogP contribution is -3.08. The molecule has 0 bridgehead atoms. The number of nitrogens with one attached hydrogen (secondary N) is 2. The number of amides is 1. The fourth-order valence-corrected chi connectivity index (χ4v) is 2.41. The van der Waals surface area contributed by atoms with Gasteiger partial charge in [0.1, 0.15) is 6.54 Å². The van der Waals surface area contributed by atoms with Gasteiger partial charge >= 0.3 is 0 Å². The van der Waals surface area contributed by atoms with Crippen LogP contribution in [0, 0.1) is 0 Å². The summed E-state index contributed by atoms with van der Waals surface area (Å²) in [5.41, 5.74) is 1.80. The van der Waals surface area contributed by atoms with Gasteiger partial charge in [-0.3, -0.25) is 10.1 Å². The van der Waals surface area contributed by atoms with Gasteiger partial charge in [0.15, 0.2) is 6.54 Å². The zero-order valence-electron chi connectivity index (χ0n) is 13.9. The van der Waals surface area contributed by atoms with Crippen LogP contribution in [0.5, 0.6) is 0 Å². The fraction of sp³-hybridized carbons (Fsp3) is 0.412. The Balaban J connectivity index is 1.88. The van der Waals surface area contributed by atoms with E-state index in [1.165, 1.54) is 0 Å². The summed E-state index contributed by atoms with van der Waals surface area (Å²) in [6, 6.07) is 9.43. The standard InChI is InChI=1S/C17H22ClN3O2/c1-17(2,3)14-9-16(23-20-14)19-15(22)11-21(4)10-12-6-5-7-13(18)8-12/h5-9H,10-11H2,1-4H3,(H,19,22)/p+1. The van der Waals surface area contributed by atoms with Gasteiger partial charge in [0.25, 0.3) is 5.91 Å². The third-order valence-corrected chi connectivity index (χ3v) is 3.63. The molecule has 1 heterocycles. The van der Waals surface area contributed by atoms with E-state index in [9.17, 15) is 4.79 Å². The predicted octanol–water partition coefficient (Wildman–Crippen LogP) is 2.28. The van der Waals surface area contributed by atoms with Crippen molar-refractivity contribution in [1.29, 1.82) is 0 Å². The molecule has 0 aliphatic heterocycles. The molecule has 2 rings (SSSR count). The van der Waals surface area contributed by atoms with Crippen LogP contribution in [0.1, 0.15) is 32.0 Å². The zero-order valence-corrected chi connectivity index (χ0v) is 14.7. The number of carbonyl (C=O) groups is 1. The summed E-state index contributed by atoms with van der Waals surface area (Å²) >= 11 is 5.97. The van der Waals surface area contributed by atoms with E-state index < -0.39 is 0 Å². The topological polar surface area (TPSA) is 59.6 Å². The Morgan fingerprint density at radius 3 is 2.70 bits per heavy atom.